The molecule has 0 amide bonds. The van der Waals surface area contributed by atoms with Gasteiger partial charge < -0.3 is 9.47 Å². The van der Waals surface area contributed by atoms with Crippen molar-refractivity contribution in [3.8, 4) is 11.5 Å². The molecule has 2 aromatic carbocycles. The third kappa shape index (κ3) is 3.70. The Balaban J connectivity index is 2.55. The number of para-hydroxylation sites is 1. The minimum absolute atomic E-state index is 0.0152. The number of halogens is 2. The molecule has 0 saturated carbocycles. The van der Waals surface area contributed by atoms with Crippen LogP contribution in [-0.4, -0.2) is 17.5 Å². The molecule has 0 heterocycles. The first-order valence-corrected chi connectivity index (χ1v) is 8.07. The number of nitro groups is 1. The van der Waals surface area contributed by atoms with Crippen molar-refractivity contribution in [1.29, 1.82) is 0 Å². The first kappa shape index (κ1) is 17.9. The summed E-state index contributed by atoms with van der Waals surface area (Å²) in [4.78, 5) is 22.5. The van der Waals surface area contributed by atoms with Gasteiger partial charge in [-0.05, 0) is 24.6 Å². The summed E-state index contributed by atoms with van der Waals surface area (Å²) >= 11 is 3.25. The number of rotatable bonds is 6. The molecule has 2 aromatic rings. The molecule has 0 radical (unpaired) electrons. The number of nitrogens with zero attached hydrogens (tertiary/aromatic N) is 1. The molecule has 0 unspecified atom stereocenters. The topological polar surface area (TPSA) is 78.7 Å². The van der Waals surface area contributed by atoms with Gasteiger partial charge >= 0.3 is 11.7 Å². The highest BCUT2D eigenvalue weighted by Crippen LogP contribution is 2.36. The lowest BCUT2D eigenvalue weighted by molar-refractivity contribution is -0.385. The van der Waals surface area contributed by atoms with Gasteiger partial charge in [0.05, 0.1) is 11.5 Å². The number of hydrogen-bond donors (Lipinski definition) is 0. The Kier molecular flexibility index (Phi) is 5.86. The Bertz CT molecular complexity index is 781. The van der Waals surface area contributed by atoms with Crippen molar-refractivity contribution in [2.75, 3.05) is 6.61 Å². The van der Waals surface area contributed by atoms with E-state index in [-0.39, 0.29) is 17.9 Å². The minimum Gasteiger partial charge on any atom is -0.462 e. The van der Waals surface area contributed by atoms with E-state index >= 15 is 0 Å². The van der Waals surface area contributed by atoms with Crippen LogP contribution in [0.1, 0.15) is 22.8 Å². The summed E-state index contributed by atoms with van der Waals surface area (Å²) in [5.74, 6) is -2.12. The van der Waals surface area contributed by atoms with Gasteiger partial charge in [0.2, 0.25) is 5.75 Å². The van der Waals surface area contributed by atoms with Crippen molar-refractivity contribution in [2.45, 2.75) is 12.3 Å². The maximum atomic E-state index is 14.0. The lowest BCUT2D eigenvalue weighted by atomic mass is 10.1. The summed E-state index contributed by atoms with van der Waals surface area (Å²) in [5.41, 5.74) is 0.118. The summed E-state index contributed by atoms with van der Waals surface area (Å²) in [6.07, 6.45) is 0. The van der Waals surface area contributed by atoms with E-state index in [9.17, 15) is 19.3 Å². The van der Waals surface area contributed by atoms with Gasteiger partial charge in [0.15, 0.2) is 5.82 Å². The van der Waals surface area contributed by atoms with Crippen molar-refractivity contribution in [3.63, 3.8) is 0 Å². The van der Waals surface area contributed by atoms with Gasteiger partial charge in [0.1, 0.15) is 11.3 Å². The third-order valence-electron chi connectivity index (χ3n) is 3.09. The quantitative estimate of drug-likeness (QED) is 0.308. The number of benzene rings is 2. The van der Waals surface area contributed by atoms with Gasteiger partial charge in [-0.2, -0.15) is 0 Å². The number of carbonyl (C=O) groups is 1. The molecule has 0 spiro atoms. The summed E-state index contributed by atoms with van der Waals surface area (Å²) in [7, 11) is 0. The number of hydrogen-bond acceptors (Lipinski definition) is 5. The van der Waals surface area contributed by atoms with E-state index < -0.39 is 28.1 Å². The fourth-order valence-electron chi connectivity index (χ4n) is 2.06. The zero-order valence-electron chi connectivity index (χ0n) is 12.6. The molecule has 0 atom stereocenters. The molecule has 0 aliphatic rings. The number of carbonyl (C=O) groups excluding carboxylic acids is 1. The van der Waals surface area contributed by atoms with Crippen molar-refractivity contribution >= 4 is 27.6 Å². The van der Waals surface area contributed by atoms with Crippen LogP contribution in [0.5, 0.6) is 11.5 Å². The van der Waals surface area contributed by atoms with Crippen LogP contribution < -0.4 is 4.74 Å². The fraction of sp³-hybridized carbons (Fsp3) is 0.188. The van der Waals surface area contributed by atoms with Gasteiger partial charge in [-0.1, -0.05) is 34.1 Å². The van der Waals surface area contributed by atoms with E-state index in [0.29, 0.717) is 10.9 Å². The van der Waals surface area contributed by atoms with Gasteiger partial charge in [0, 0.05) is 11.4 Å². The predicted octanol–water partition coefficient (Wildman–Crippen LogP) is 4.60. The van der Waals surface area contributed by atoms with Gasteiger partial charge in [0.25, 0.3) is 0 Å². The smallest absolute Gasteiger partial charge is 0.342 e. The second kappa shape index (κ2) is 7.87. The van der Waals surface area contributed by atoms with Crippen molar-refractivity contribution in [3.05, 3.63) is 63.5 Å². The maximum Gasteiger partial charge on any atom is 0.342 e. The molecule has 0 aromatic heterocycles. The van der Waals surface area contributed by atoms with Gasteiger partial charge in [-0.15, -0.1) is 0 Å². The lowest BCUT2D eigenvalue weighted by Crippen LogP contribution is -2.10. The Labute approximate surface area is 145 Å². The molecule has 0 aliphatic carbocycles. The molecule has 0 bridgehead atoms. The monoisotopic (exact) mass is 397 g/mol. The first-order chi connectivity index (χ1) is 11.5. The first-order valence-electron chi connectivity index (χ1n) is 6.95. The SMILES string of the molecule is CCOC(=O)c1c(CBr)cccc1Oc1c(F)cccc1[N+](=O)[O-]. The van der Waals surface area contributed by atoms with E-state index in [1.165, 1.54) is 12.1 Å². The molecule has 0 N–H and O–H groups in total. The Hall–Kier alpha value is -2.48. The molecule has 6 nitrogen and oxygen atoms in total. The van der Waals surface area contributed by atoms with Crippen LogP contribution in [0, 0.1) is 15.9 Å². The number of ether oxygens (including phenoxy) is 2. The van der Waals surface area contributed by atoms with Crippen LogP contribution in [0.25, 0.3) is 0 Å². The molecule has 0 fully saturated rings. The van der Waals surface area contributed by atoms with E-state index in [1.807, 2.05) is 0 Å². The highest BCUT2D eigenvalue weighted by Gasteiger charge is 2.24. The van der Waals surface area contributed by atoms with Crippen LogP contribution >= 0.6 is 15.9 Å². The molecule has 2 rings (SSSR count). The summed E-state index contributed by atoms with van der Waals surface area (Å²) in [6.45, 7) is 1.80. The Morgan fingerprint density at radius 2 is 2.00 bits per heavy atom. The van der Waals surface area contributed by atoms with E-state index in [4.69, 9.17) is 9.47 Å². The predicted molar refractivity (Wildman–Crippen MR) is 88.2 cm³/mol. The van der Waals surface area contributed by atoms with Gasteiger partial charge in [-0.25, -0.2) is 9.18 Å². The second-order valence-corrected chi connectivity index (χ2v) is 5.15. The van der Waals surface area contributed by atoms with Crippen LogP contribution in [0.15, 0.2) is 36.4 Å². The Morgan fingerprint density at radius 1 is 1.29 bits per heavy atom. The molecule has 8 heteroatoms. The highest BCUT2D eigenvalue weighted by atomic mass is 79.9. The molecule has 24 heavy (non-hydrogen) atoms. The zero-order chi connectivity index (χ0) is 17.7. The van der Waals surface area contributed by atoms with Crippen molar-refractivity contribution < 1.29 is 23.6 Å². The standard InChI is InChI=1S/C16H13BrFNO5/c1-2-23-16(20)14-10(9-17)5-3-8-13(14)24-15-11(18)6-4-7-12(15)19(21)22/h3-8H,2,9H2,1H3. The molecular weight excluding hydrogens is 385 g/mol. The van der Waals surface area contributed by atoms with E-state index in [0.717, 1.165) is 12.1 Å². The average molecular weight is 398 g/mol. The van der Waals surface area contributed by atoms with Gasteiger partial charge in [-0.3, -0.25) is 10.1 Å². The second-order valence-electron chi connectivity index (χ2n) is 4.59. The van der Waals surface area contributed by atoms with Crippen LogP contribution in [0.3, 0.4) is 0 Å². The highest BCUT2D eigenvalue weighted by molar-refractivity contribution is 9.08. The third-order valence-corrected chi connectivity index (χ3v) is 3.70. The molecular formula is C16H13BrFNO5. The summed E-state index contributed by atoms with van der Waals surface area (Å²) < 4.78 is 24.4. The van der Waals surface area contributed by atoms with E-state index in [1.54, 1.807) is 19.1 Å². The zero-order valence-corrected chi connectivity index (χ0v) is 14.2. The Morgan fingerprint density at radius 3 is 2.62 bits per heavy atom. The maximum absolute atomic E-state index is 14.0. The molecule has 126 valence electrons. The van der Waals surface area contributed by atoms with Crippen LogP contribution in [-0.2, 0) is 10.1 Å². The number of alkyl halides is 1. The number of esters is 1. The van der Waals surface area contributed by atoms with Crippen molar-refractivity contribution in [1.82, 2.24) is 0 Å². The summed E-state index contributed by atoms with van der Waals surface area (Å²) in [6, 6.07) is 8.07. The summed E-state index contributed by atoms with van der Waals surface area (Å²) in [5, 5.41) is 11.4. The van der Waals surface area contributed by atoms with E-state index in [2.05, 4.69) is 15.9 Å². The minimum atomic E-state index is -0.900. The molecule has 0 aliphatic heterocycles. The fourth-order valence-corrected chi connectivity index (χ4v) is 2.53. The average Bonchev–Trinajstić information content (AvgIpc) is 2.56. The van der Waals surface area contributed by atoms with Crippen molar-refractivity contribution in [2.24, 2.45) is 0 Å². The lowest BCUT2D eigenvalue weighted by Gasteiger charge is -2.14. The van der Waals surface area contributed by atoms with Crippen LogP contribution in [0.2, 0.25) is 0 Å². The molecule has 0 saturated heterocycles. The largest absolute Gasteiger partial charge is 0.462 e. The van der Waals surface area contributed by atoms with Crippen LogP contribution in [0.4, 0.5) is 10.1 Å². The number of nitro benzene ring substituents is 1. The normalized spacial score (nSPS) is 10.3.